The molecule has 0 aliphatic heterocycles. The third kappa shape index (κ3) is 7.23. The molecule has 0 rings (SSSR count). The Bertz CT molecular complexity index is 87.0. The molecule has 2 nitrogen and oxygen atoms in total. The summed E-state index contributed by atoms with van der Waals surface area (Å²) in [5.41, 5.74) is 0. The monoisotopic (exact) mass is 732 g/mol. The van der Waals surface area contributed by atoms with Crippen molar-refractivity contribution >= 4 is 67.9 Å². The van der Waals surface area contributed by atoms with Gasteiger partial charge in [0.05, 0.1) is 0 Å². The van der Waals surface area contributed by atoms with Crippen molar-refractivity contribution in [1.82, 2.24) is 1.99 Å². The Morgan fingerprint density at radius 3 is 2.00 bits per heavy atom. The van der Waals surface area contributed by atoms with Crippen LogP contribution in [0.1, 0.15) is 0 Å². The zero-order valence-electron chi connectivity index (χ0n) is 7.34. The Kier molecular flexibility index (Phi) is 8.82. The van der Waals surface area contributed by atoms with Crippen LogP contribution < -0.4 is 1.20 Å². The average molecular weight is 732 g/mol. The van der Waals surface area contributed by atoms with Crippen LogP contribution in [0.25, 0.3) is 0 Å². The average Bonchev–Trinajstić information content (AvgIpc) is 1.82. The van der Waals surface area contributed by atoms with E-state index in [9.17, 15) is 0 Å². The maximum atomic E-state index is 3.80. The van der Waals surface area contributed by atoms with Gasteiger partial charge in [-0.15, -0.1) is 0 Å². The van der Waals surface area contributed by atoms with Crippen LogP contribution in [-0.2, 0) is 0 Å². The van der Waals surface area contributed by atoms with Crippen LogP contribution in [0.2, 0.25) is 18.5 Å². The molecule has 0 aliphatic rings. The molecule has 0 atom stereocenters. The van der Waals surface area contributed by atoms with Gasteiger partial charge in [0.15, 0.2) is 0 Å². The van der Waals surface area contributed by atoms with Gasteiger partial charge >= 0.3 is 95.5 Å². The number of nitrogens with one attached hydrogen (secondary N) is 1. The quantitative estimate of drug-likeness (QED) is 0.419. The van der Waals surface area contributed by atoms with Crippen LogP contribution in [0.5, 0.6) is 0 Å². The fourth-order valence-corrected chi connectivity index (χ4v) is 34.4. The van der Waals surface area contributed by atoms with Crippen LogP contribution in [-0.4, -0.2) is 75.7 Å². The molecule has 0 aromatic heterocycles. The first kappa shape index (κ1) is 12.6. The first-order valence-corrected chi connectivity index (χ1v) is 24.0. The van der Waals surface area contributed by atoms with Gasteiger partial charge in [-0.25, -0.2) is 0 Å². The van der Waals surface area contributed by atoms with E-state index in [1.54, 1.807) is 0 Å². The zero-order valence-corrected chi connectivity index (χ0v) is 18.2. The van der Waals surface area contributed by atoms with Crippen molar-refractivity contribution in [1.29, 1.82) is 0 Å². The van der Waals surface area contributed by atoms with E-state index < -0.39 is 67.9 Å². The predicted octanol–water partition coefficient (Wildman–Crippen LogP) is 0.276. The summed E-state index contributed by atoms with van der Waals surface area (Å²) in [5.74, 6) is 0. The molecular formula is C5H17Bi3N2. The van der Waals surface area contributed by atoms with Crippen molar-refractivity contribution in [3.05, 3.63) is 0 Å². The molecule has 62 valence electrons. The van der Waals surface area contributed by atoms with E-state index in [0.29, 0.717) is 0 Å². The number of nitrogens with zero attached hydrogens (tertiary/aromatic N) is 1. The van der Waals surface area contributed by atoms with Gasteiger partial charge in [0.1, 0.15) is 0 Å². The van der Waals surface area contributed by atoms with Gasteiger partial charge in [0.25, 0.3) is 0 Å². The zero-order chi connectivity index (χ0) is 8.15. The molecule has 0 spiro atoms. The standard InChI is InChI=1S/CH3N.4CH3.3Bi.HN.H/c1-2;;;;;;;;;/h1H3;4*1H3;;;;1H;. The summed E-state index contributed by atoms with van der Waals surface area (Å²) in [6.45, 7) is 0. The second-order valence-electron chi connectivity index (χ2n) is 2.49. The summed E-state index contributed by atoms with van der Waals surface area (Å²) in [6, 6.07) is 0. The second-order valence-corrected chi connectivity index (χ2v) is 36.3. The van der Waals surface area contributed by atoms with Gasteiger partial charge in [0.2, 0.25) is 0 Å². The van der Waals surface area contributed by atoms with Crippen LogP contribution >= 0.6 is 0 Å². The Balaban J connectivity index is 3.30. The summed E-state index contributed by atoms with van der Waals surface area (Å²) < 4.78 is 16.3. The van der Waals surface area contributed by atoms with Crippen LogP contribution in [0.4, 0.5) is 0 Å². The van der Waals surface area contributed by atoms with Gasteiger partial charge in [-0.1, -0.05) is 0 Å². The first-order chi connectivity index (χ1) is 4.54. The molecule has 0 aliphatic carbocycles. The molecule has 0 amide bonds. The topological polar surface area (TPSA) is 15.3 Å². The molecule has 0 unspecified atom stereocenters. The fourth-order valence-electron chi connectivity index (χ4n) is 0.272. The van der Waals surface area contributed by atoms with Crippen LogP contribution in [0.3, 0.4) is 0 Å². The molecule has 0 fully saturated rings. The van der Waals surface area contributed by atoms with E-state index >= 15 is 0 Å². The Morgan fingerprint density at radius 1 is 1.20 bits per heavy atom. The summed E-state index contributed by atoms with van der Waals surface area (Å²) >= 11 is -2.42. The molecule has 0 radical (unpaired) electrons. The van der Waals surface area contributed by atoms with Crippen molar-refractivity contribution < 1.29 is 0 Å². The molecule has 0 aromatic carbocycles. The normalized spacial score (nSPS) is 12.0. The van der Waals surface area contributed by atoms with Gasteiger partial charge in [-0.3, -0.25) is 0 Å². The van der Waals surface area contributed by atoms with E-state index in [0.717, 1.165) is 0 Å². The van der Waals surface area contributed by atoms with E-state index in [-0.39, 0.29) is 0 Å². The summed E-state index contributed by atoms with van der Waals surface area (Å²) in [6.07, 6.45) is 0. The molecule has 5 heteroatoms. The molecule has 0 heterocycles. The van der Waals surface area contributed by atoms with Crippen molar-refractivity contribution in [2.75, 3.05) is 7.05 Å². The molecule has 0 aromatic rings. The van der Waals surface area contributed by atoms with Gasteiger partial charge < -0.3 is 0 Å². The Hall–Kier alpha value is 2.57. The van der Waals surface area contributed by atoms with Crippen LogP contribution in [0, 0.1) is 0 Å². The van der Waals surface area contributed by atoms with E-state index in [2.05, 4.69) is 27.6 Å². The Morgan fingerprint density at radius 2 is 1.70 bits per heavy atom. The third-order valence-corrected chi connectivity index (χ3v) is 44.8. The van der Waals surface area contributed by atoms with Gasteiger partial charge in [-0.05, 0) is 0 Å². The minimum atomic E-state index is -0.986. The van der Waals surface area contributed by atoms with E-state index in [1.165, 1.54) is 0 Å². The fraction of sp³-hybridized carbons (Fsp3) is 1.00. The molecule has 0 saturated carbocycles. The first-order valence-electron chi connectivity index (χ1n) is 3.13. The van der Waals surface area contributed by atoms with E-state index in [1.807, 2.05) is 0 Å². The summed E-state index contributed by atoms with van der Waals surface area (Å²) in [4.78, 5) is 0. The number of hydrogen-bond acceptors (Lipinski definition) is 2. The second kappa shape index (κ2) is 7.02. The van der Waals surface area contributed by atoms with Crippen molar-refractivity contribution in [2.24, 2.45) is 0 Å². The van der Waals surface area contributed by atoms with Gasteiger partial charge in [0, 0.05) is 0 Å². The van der Waals surface area contributed by atoms with Crippen LogP contribution in [0.15, 0.2) is 0 Å². The van der Waals surface area contributed by atoms with Crippen molar-refractivity contribution in [3.8, 4) is 0 Å². The number of rotatable bonds is 4. The van der Waals surface area contributed by atoms with E-state index in [4.69, 9.17) is 0 Å². The summed E-state index contributed by atoms with van der Waals surface area (Å²) in [5, 5.41) is 0. The maximum absolute atomic E-state index is 3.80. The summed E-state index contributed by atoms with van der Waals surface area (Å²) in [7, 11) is 2.33. The molecule has 1 N–H and O–H groups in total. The predicted molar refractivity (Wildman–Crippen MR) is 53.0 cm³/mol. The van der Waals surface area contributed by atoms with Crippen molar-refractivity contribution in [3.63, 3.8) is 0 Å². The molecule has 0 bridgehead atoms. The van der Waals surface area contributed by atoms with Gasteiger partial charge in [-0.2, -0.15) is 0 Å². The minimum absolute atomic E-state index is 0.458. The Labute approximate surface area is 93.7 Å². The molecular weight excluding hydrogens is 715 g/mol. The molecule has 0 saturated heterocycles. The molecule has 10 heavy (non-hydrogen) atoms. The SMILES string of the molecule is C[N]([BiH][NH][Bi]([CH3])[CH3])[Bi]([CH3])[CH3]. The van der Waals surface area contributed by atoms with Crippen molar-refractivity contribution in [2.45, 2.75) is 18.5 Å². The third-order valence-electron chi connectivity index (χ3n) is 1.04. The number of hydrogen-bond donors (Lipinski definition) is 1.